The van der Waals surface area contributed by atoms with E-state index in [1.807, 2.05) is 0 Å². The lowest BCUT2D eigenvalue weighted by Crippen LogP contribution is -2.39. The molecule has 3 rings (SSSR count). The molecule has 2 N–H and O–H groups in total. The molecule has 0 saturated carbocycles. The van der Waals surface area contributed by atoms with Crippen LogP contribution in [-0.4, -0.2) is 43.6 Å². The minimum absolute atomic E-state index is 0.0581. The van der Waals surface area contributed by atoms with Crippen LogP contribution in [0.4, 0.5) is 5.69 Å². The molecule has 0 aliphatic heterocycles. The molecule has 1 amide bonds. The van der Waals surface area contributed by atoms with Gasteiger partial charge in [-0.3, -0.25) is 9.59 Å². The second-order valence-corrected chi connectivity index (χ2v) is 9.02. The summed E-state index contributed by atoms with van der Waals surface area (Å²) in [7, 11) is -2.46. The fourth-order valence-electron chi connectivity index (χ4n) is 2.85. The van der Waals surface area contributed by atoms with E-state index in [9.17, 15) is 18.0 Å². The molecule has 0 spiro atoms. The lowest BCUT2D eigenvalue weighted by molar-refractivity contribution is -0.151. The molecular weight excluding hydrogens is 464 g/mol. The largest absolute Gasteiger partial charge is 0.497 e. The van der Waals surface area contributed by atoms with Crippen LogP contribution >= 0.6 is 0 Å². The molecule has 34 heavy (non-hydrogen) atoms. The lowest BCUT2D eigenvalue weighted by atomic mass is 10.2. The van der Waals surface area contributed by atoms with Gasteiger partial charge in [-0.05, 0) is 62.4 Å². The van der Waals surface area contributed by atoms with Gasteiger partial charge in [0.2, 0.25) is 21.8 Å². The van der Waals surface area contributed by atoms with Crippen molar-refractivity contribution in [3.05, 3.63) is 54.4 Å². The predicted molar refractivity (Wildman–Crippen MR) is 121 cm³/mol. The van der Waals surface area contributed by atoms with Crippen molar-refractivity contribution in [2.24, 2.45) is 0 Å². The average molecular weight is 489 g/mol. The Kier molecular flexibility index (Phi) is 7.64. The highest BCUT2D eigenvalue weighted by Crippen LogP contribution is 2.24. The molecular formula is C22H24N4O7S. The zero-order valence-corrected chi connectivity index (χ0v) is 19.8. The molecule has 0 radical (unpaired) electrons. The molecule has 1 unspecified atom stereocenters. The number of hydrogen-bond donors (Lipinski definition) is 2. The van der Waals surface area contributed by atoms with Crippen LogP contribution in [0.1, 0.15) is 32.8 Å². The predicted octanol–water partition coefficient (Wildman–Crippen LogP) is 2.67. The summed E-state index contributed by atoms with van der Waals surface area (Å²) >= 11 is 0. The van der Waals surface area contributed by atoms with Gasteiger partial charge in [-0.2, -0.15) is 4.72 Å². The monoisotopic (exact) mass is 488 g/mol. The van der Waals surface area contributed by atoms with E-state index < -0.39 is 28.1 Å². The van der Waals surface area contributed by atoms with E-state index in [0.29, 0.717) is 17.0 Å². The summed E-state index contributed by atoms with van der Waals surface area (Å²) in [5.74, 6) is -0.141. The zero-order valence-electron chi connectivity index (χ0n) is 18.9. The van der Waals surface area contributed by atoms with Crippen molar-refractivity contribution in [1.29, 1.82) is 0 Å². The molecule has 1 aromatic heterocycles. The standard InChI is InChI=1S/C22H24N4O7S/c1-13(26-34(29,30)19-11-7-17(8-12-19)23-15(3)27)22(28)32-14(2)20-24-25-21(33-20)16-5-9-18(31-4)10-6-16/h5-14,26H,1-4H3,(H,23,27)/t13-,14?/m0/s1. The summed E-state index contributed by atoms with van der Waals surface area (Å²) < 4.78 is 43.4. The molecule has 1 heterocycles. The number of aromatic nitrogens is 2. The van der Waals surface area contributed by atoms with Crippen molar-refractivity contribution >= 4 is 27.6 Å². The summed E-state index contributed by atoms with van der Waals surface area (Å²) in [6.07, 6.45) is -0.907. The molecule has 0 aliphatic rings. The number of carbonyl (C=O) groups excluding carboxylic acids is 2. The maximum Gasteiger partial charge on any atom is 0.324 e. The van der Waals surface area contributed by atoms with Gasteiger partial charge < -0.3 is 19.2 Å². The van der Waals surface area contributed by atoms with Crippen LogP contribution in [-0.2, 0) is 24.3 Å². The SMILES string of the molecule is COc1ccc(-c2nnc(C(C)OC(=O)[C@H](C)NS(=O)(=O)c3ccc(NC(C)=O)cc3)o2)cc1. The highest BCUT2D eigenvalue weighted by molar-refractivity contribution is 7.89. The molecule has 2 aromatic carbocycles. The summed E-state index contributed by atoms with van der Waals surface area (Å²) in [5.41, 5.74) is 1.10. The van der Waals surface area contributed by atoms with Crippen LogP contribution < -0.4 is 14.8 Å². The average Bonchev–Trinajstić information content (AvgIpc) is 3.29. The summed E-state index contributed by atoms with van der Waals surface area (Å²) in [6, 6.07) is 11.3. The van der Waals surface area contributed by atoms with Crippen molar-refractivity contribution < 1.29 is 31.9 Å². The van der Waals surface area contributed by atoms with Gasteiger partial charge in [0.1, 0.15) is 11.8 Å². The number of sulfonamides is 1. The summed E-state index contributed by atoms with van der Waals surface area (Å²) in [6.45, 7) is 4.23. The molecule has 12 heteroatoms. The second-order valence-electron chi connectivity index (χ2n) is 7.30. The quantitative estimate of drug-likeness (QED) is 0.433. The Labute approximate surface area is 196 Å². The van der Waals surface area contributed by atoms with Crippen molar-refractivity contribution in [2.75, 3.05) is 12.4 Å². The minimum atomic E-state index is -4.01. The third-order valence-electron chi connectivity index (χ3n) is 4.59. The number of ether oxygens (including phenoxy) is 2. The number of nitrogens with one attached hydrogen (secondary N) is 2. The topological polar surface area (TPSA) is 150 Å². The number of nitrogens with zero attached hydrogens (tertiary/aromatic N) is 2. The van der Waals surface area contributed by atoms with E-state index in [0.717, 1.165) is 0 Å². The van der Waals surface area contributed by atoms with E-state index >= 15 is 0 Å². The van der Waals surface area contributed by atoms with E-state index in [-0.39, 0.29) is 22.6 Å². The number of benzene rings is 2. The Morgan fingerprint density at radius 2 is 1.65 bits per heavy atom. The van der Waals surface area contributed by atoms with Crippen LogP contribution in [0.3, 0.4) is 0 Å². The van der Waals surface area contributed by atoms with Gasteiger partial charge >= 0.3 is 5.97 Å². The minimum Gasteiger partial charge on any atom is -0.497 e. The van der Waals surface area contributed by atoms with E-state index in [2.05, 4.69) is 20.2 Å². The molecule has 2 atom stereocenters. The van der Waals surface area contributed by atoms with Gasteiger partial charge in [0.15, 0.2) is 6.10 Å². The van der Waals surface area contributed by atoms with E-state index in [1.165, 1.54) is 45.0 Å². The second kappa shape index (κ2) is 10.4. The van der Waals surface area contributed by atoms with Gasteiger partial charge in [-0.25, -0.2) is 8.42 Å². The van der Waals surface area contributed by atoms with Gasteiger partial charge in [0.05, 0.1) is 12.0 Å². The Bertz CT molecular complexity index is 1260. The third kappa shape index (κ3) is 6.17. The number of rotatable bonds is 9. The number of esters is 1. The molecule has 0 bridgehead atoms. The fraction of sp³-hybridized carbons (Fsp3) is 0.273. The summed E-state index contributed by atoms with van der Waals surface area (Å²) in [4.78, 5) is 23.5. The number of amides is 1. The number of hydrogen-bond acceptors (Lipinski definition) is 9. The number of anilines is 1. The Morgan fingerprint density at radius 3 is 2.24 bits per heavy atom. The molecule has 0 fully saturated rings. The van der Waals surface area contributed by atoms with E-state index in [4.69, 9.17) is 13.9 Å². The zero-order chi connectivity index (χ0) is 24.9. The smallest absolute Gasteiger partial charge is 0.324 e. The Hall–Kier alpha value is -3.77. The first-order chi connectivity index (χ1) is 16.1. The van der Waals surface area contributed by atoms with Crippen LogP contribution in [0.2, 0.25) is 0 Å². The maximum absolute atomic E-state index is 12.6. The van der Waals surface area contributed by atoms with Crippen LogP contribution in [0, 0.1) is 0 Å². The Morgan fingerprint density at radius 1 is 1.00 bits per heavy atom. The number of methoxy groups -OCH3 is 1. The van der Waals surface area contributed by atoms with Crippen LogP contribution in [0.25, 0.3) is 11.5 Å². The lowest BCUT2D eigenvalue weighted by Gasteiger charge is -2.16. The fourth-order valence-corrected chi connectivity index (χ4v) is 4.04. The molecule has 0 saturated heterocycles. The third-order valence-corrected chi connectivity index (χ3v) is 6.15. The Balaban J connectivity index is 1.61. The normalized spacial score (nSPS) is 13.1. The van der Waals surface area contributed by atoms with E-state index in [1.54, 1.807) is 31.4 Å². The van der Waals surface area contributed by atoms with Crippen molar-refractivity contribution in [2.45, 2.75) is 37.8 Å². The van der Waals surface area contributed by atoms with Crippen molar-refractivity contribution in [3.8, 4) is 17.2 Å². The highest BCUT2D eigenvalue weighted by Gasteiger charge is 2.26. The van der Waals surface area contributed by atoms with Gasteiger partial charge in [-0.15, -0.1) is 10.2 Å². The van der Waals surface area contributed by atoms with Gasteiger partial charge in [0.25, 0.3) is 5.89 Å². The maximum atomic E-state index is 12.6. The summed E-state index contributed by atoms with van der Waals surface area (Å²) in [5, 5.41) is 10.4. The van der Waals surface area contributed by atoms with Crippen molar-refractivity contribution in [1.82, 2.24) is 14.9 Å². The highest BCUT2D eigenvalue weighted by atomic mass is 32.2. The van der Waals surface area contributed by atoms with Crippen LogP contribution in [0.5, 0.6) is 5.75 Å². The molecule has 180 valence electrons. The van der Waals surface area contributed by atoms with Gasteiger partial charge in [-0.1, -0.05) is 0 Å². The number of carbonyl (C=O) groups is 2. The molecule has 3 aromatic rings. The van der Waals surface area contributed by atoms with Gasteiger partial charge in [0, 0.05) is 18.2 Å². The first-order valence-electron chi connectivity index (χ1n) is 10.2. The molecule has 0 aliphatic carbocycles. The first-order valence-corrected chi connectivity index (χ1v) is 11.7. The van der Waals surface area contributed by atoms with Crippen molar-refractivity contribution in [3.63, 3.8) is 0 Å². The first kappa shape index (κ1) is 24.9. The van der Waals surface area contributed by atoms with Crippen LogP contribution in [0.15, 0.2) is 57.8 Å². The molecule has 11 nitrogen and oxygen atoms in total.